The first-order valence-corrected chi connectivity index (χ1v) is 8.57. The summed E-state index contributed by atoms with van der Waals surface area (Å²) < 4.78 is 28.0. The van der Waals surface area contributed by atoms with Crippen molar-refractivity contribution in [2.75, 3.05) is 6.61 Å². The Balaban J connectivity index is 2.20. The summed E-state index contributed by atoms with van der Waals surface area (Å²) in [4.78, 5) is 4.14. The minimum atomic E-state index is -3.77. The quantitative estimate of drug-likeness (QED) is 0.793. The molecule has 0 aliphatic rings. The lowest BCUT2D eigenvalue weighted by atomic mass is 10.2. The molecule has 0 aromatic heterocycles. The summed E-state index contributed by atoms with van der Waals surface area (Å²) in [5, 5.41) is 15.0. The van der Waals surface area contributed by atoms with Crippen LogP contribution >= 0.6 is 0 Å². The summed E-state index contributed by atoms with van der Waals surface area (Å²) in [7, 11) is -3.77. The average Bonchev–Trinajstić information content (AvgIpc) is 2.51. The number of ether oxygens (including phenoxy) is 1. The van der Waals surface area contributed by atoms with Gasteiger partial charge in [-0.25, -0.2) is 13.6 Å². The second-order valence-corrected chi connectivity index (χ2v) is 6.43. The molecule has 0 heterocycles. The van der Waals surface area contributed by atoms with Gasteiger partial charge in [-0.05, 0) is 36.8 Å². The van der Waals surface area contributed by atoms with Gasteiger partial charge in [0.05, 0.1) is 17.2 Å². The molecule has 0 aliphatic heterocycles. The number of hydrogen-bond donors (Lipinski definition) is 2. The van der Waals surface area contributed by atoms with Crippen LogP contribution in [0.3, 0.4) is 0 Å². The normalized spacial score (nSPS) is 11.7. The highest BCUT2D eigenvalue weighted by Gasteiger charge is 2.07. The van der Waals surface area contributed by atoms with Crippen molar-refractivity contribution < 1.29 is 18.3 Å². The van der Waals surface area contributed by atoms with Gasteiger partial charge in [-0.1, -0.05) is 13.0 Å². The van der Waals surface area contributed by atoms with Crippen molar-refractivity contribution in [2.45, 2.75) is 18.2 Å². The summed E-state index contributed by atoms with van der Waals surface area (Å²) in [6.45, 7) is 2.57. The minimum Gasteiger partial charge on any atom is -0.507 e. The number of sulfonamides is 1. The lowest BCUT2D eigenvalue weighted by molar-refractivity contribution is 0.315. The number of nitrogens with zero attached hydrogens (tertiary/aromatic N) is 1. The largest absolute Gasteiger partial charge is 0.507 e. The van der Waals surface area contributed by atoms with Gasteiger partial charge in [-0.2, -0.15) is 0 Å². The Kier molecular flexibility index (Phi) is 5.36. The van der Waals surface area contributed by atoms with E-state index in [2.05, 4.69) is 4.99 Å². The molecule has 0 spiro atoms. The molecule has 7 heteroatoms. The lowest BCUT2D eigenvalue weighted by Crippen LogP contribution is -2.11. The number of phenols is 1. The van der Waals surface area contributed by atoms with Crippen LogP contribution in [0.4, 0.5) is 5.69 Å². The zero-order valence-electron chi connectivity index (χ0n) is 12.6. The third-order valence-corrected chi connectivity index (χ3v) is 3.88. The molecule has 0 aliphatic carbocycles. The minimum absolute atomic E-state index is 0.0142. The summed E-state index contributed by atoms with van der Waals surface area (Å²) in [5.74, 6) is 0.614. The lowest BCUT2D eigenvalue weighted by Gasteiger charge is -2.06. The number of phenolic OH excluding ortho intramolecular Hbond substituents is 1. The fourth-order valence-corrected chi connectivity index (χ4v) is 2.38. The van der Waals surface area contributed by atoms with Gasteiger partial charge in [0.25, 0.3) is 0 Å². The molecule has 3 N–H and O–H groups in total. The Morgan fingerprint density at radius 3 is 2.70 bits per heavy atom. The van der Waals surface area contributed by atoms with Crippen molar-refractivity contribution in [3.05, 3.63) is 48.0 Å². The Hall–Kier alpha value is -2.38. The number of nitrogens with two attached hydrogens (primary N) is 1. The molecule has 0 radical (unpaired) electrons. The molecule has 122 valence electrons. The van der Waals surface area contributed by atoms with Gasteiger partial charge in [-0.3, -0.25) is 4.99 Å². The number of benzene rings is 2. The molecule has 0 atom stereocenters. The molecule has 0 bridgehead atoms. The van der Waals surface area contributed by atoms with Gasteiger partial charge in [-0.15, -0.1) is 0 Å². The molecule has 6 nitrogen and oxygen atoms in total. The van der Waals surface area contributed by atoms with E-state index in [4.69, 9.17) is 9.88 Å². The number of rotatable bonds is 6. The van der Waals surface area contributed by atoms with Crippen LogP contribution in [0, 0.1) is 0 Å². The van der Waals surface area contributed by atoms with Crippen LogP contribution in [0.5, 0.6) is 11.5 Å². The third-order valence-electron chi connectivity index (χ3n) is 2.97. The molecule has 0 fully saturated rings. The highest BCUT2D eigenvalue weighted by Crippen LogP contribution is 2.24. The maximum Gasteiger partial charge on any atom is 0.238 e. The molecule has 0 unspecified atom stereocenters. The molecule has 23 heavy (non-hydrogen) atoms. The molecular weight excluding hydrogens is 316 g/mol. The molecule has 2 aromatic carbocycles. The van der Waals surface area contributed by atoms with Crippen LogP contribution in [-0.2, 0) is 10.0 Å². The second-order valence-electron chi connectivity index (χ2n) is 4.87. The van der Waals surface area contributed by atoms with Crippen molar-refractivity contribution in [1.82, 2.24) is 0 Å². The first-order valence-electron chi connectivity index (χ1n) is 7.03. The van der Waals surface area contributed by atoms with E-state index in [1.807, 2.05) is 6.92 Å². The van der Waals surface area contributed by atoms with Crippen molar-refractivity contribution in [2.24, 2.45) is 10.1 Å². The second kappa shape index (κ2) is 7.26. The summed E-state index contributed by atoms with van der Waals surface area (Å²) in [6, 6.07) is 10.9. The smallest absolute Gasteiger partial charge is 0.238 e. The molecule has 2 aromatic rings. The van der Waals surface area contributed by atoms with Crippen molar-refractivity contribution in [3.8, 4) is 11.5 Å². The van der Waals surface area contributed by atoms with E-state index in [0.717, 1.165) is 6.42 Å². The van der Waals surface area contributed by atoms with Crippen LogP contribution in [0.15, 0.2) is 52.4 Å². The zero-order chi connectivity index (χ0) is 16.9. The van der Waals surface area contributed by atoms with E-state index in [0.29, 0.717) is 23.6 Å². The molecule has 0 amide bonds. The first kappa shape index (κ1) is 17.0. The van der Waals surface area contributed by atoms with E-state index in [9.17, 15) is 13.5 Å². The van der Waals surface area contributed by atoms with Crippen molar-refractivity contribution in [1.29, 1.82) is 0 Å². The van der Waals surface area contributed by atoms with E-state index in [-0.39, 0.29) is 10.6 Å². The Morgan fingerprint density at radius 2 is 2.04 bits per heavy atom. The number of hydrogen-bond acceptors (Lipinski definition) is 5. The summed E-state index contributed by atoms with van der Waals surface area (Å²) in [5.41, 5.74) is 0.914. The fourth-order valence-electron chi connectivity index (χ4n) is 1.83. The summed E-state index contributed by atoms with van der Waals surface area (Å²) >= 11 is 0. The van der Waals surface area contributed by atoms with Crippen LogP contribution in [0.25, 0.3) is 0 Å². The molecule has 2 rings (SSSR count). The molecule has 0 saturated heterocycles. The zero-order valence-corrected chi connectivity index (χ0v) is 13.5. The maximum absolute atomic E-state index is 11.3. The maximum atomic E-state index is 11.3. The van der Waals surface area contributed by atoms with E-state index in [1.54, 1.807) is 24.3 Å². The van der Waals surface area contributed by atoms with Gasteiger partial charge in [0.1, 0.15) is 11.5 Å². The molecular formula is C16H18N2O4S. The van der Waals surface area contributed by atoms with Gasteiger partial charge in [0, 0.05) is 17.8 Å². The highest BCUT2D eigenvalue weighted by molar-refractivity contribution is 7.89. The van der Waals surface area contributed by atoms with Gasteiger partial charge >= 0.3 is 0 Å². The van der Waals surface area contributed by atoms with Crippen LogP contribution < -0.4 is 9.88 Å². The topological polar surface area (TPSA) is 102 Å². The predicted octanol–water partition coefficient (Wildman–Crippen LogP) is 2.58. The van der Waals surface area contributed by atoms with Crippen LogP contribution in [0.1, 0.15) is 18.9 Å². The van der Waals surface area contributed by atoms with Gasteiger partial charge in [0.2, 0.25) is 10.0 Å². The SMILES string of the molecule is CCCOc1ccc(C=Nc2cccc(S(N)(=O)=O)c2)c(O)c1. The van der Waals surface area contributed by atoms with Crippen molar-refractivity contribution in [3.63, 3.8) is 0 Å². The van der Waals surface area contributed by atoms with Crippen LogP contribution in [-0.4, -0.2) is 26.3 Å². The standard InChI is InChI=1S/C16H18N2O4S/c1-2-8-22-14-7-6-12(16(19)10-14)11-18-13-4-3-5-15(9-13)23(17,20)21/h3-7,9-11,19H,2,8H2,1H3,(H2,17,20,21). The predicted molar refractivity (Wildman–Crippen MR) is 89.0 cm³/mol. The summed E-state index contributed by atoms with van der Waals surface area (Å²) in [6.07, 6.45) is 2.32. The van der Waals surface area contributed by atoms with Crippen LogP contribution in [0.2, 0.25) is 0 Å². The Labute approximate surface area is 135 Å². The van der Waals surface area contributed by atoms with Gasteiger partial charge < -0.3 is 9.84 Å². The highest BCUT2D eigenvalue weighted by atomic mass is 32.2. The fraction of sp³-hybridized carbons (Fsp3) is 0.188. The molecule has 0 saturated carbocycles. The Bertz CT molecular complexity index is 817. The monoisotopic (exact) mass is 334 g/mol. The van der Waals surface area contributed by atoms with E-state index >= 15 is 0 Å². The number of aliphatic imine (C=N–C) groups is 1. The van der Waals surface area contributed by atoms with Gasteiger partial charge in [0.15, 0.2) is 0 Å². The van der Waals surface area contributed by atoms with E-state index in [1.165, 1.54) is 24.4 Å². The average molecular weight is 334 g/mol. The third kappa shape index (κ3) is 4.80. The number of aromatic hydroxyl groups is 1. The van der Waals surface area contributed by atoms with Crippen molar-refractivity contribution >= 4 is 21.9 Å². The number of primary sulfonamides is 1. The first-order chi connectivity index (χ1) is 10.9. The Morgan fingerprint density at radius 1 is 1.26 bits per heavy atom. The van der Waals surface area contributed by atoms with E-state index < -0.39 is 10.0 Å².